The number of carbonyl (C=O) groups excluding carboxylic acids is 3. The van der Waals surface area contributed by atoms with Gasteiger partial charge in [0.25, 0.3) is 5.91 Å². The Hall–Kier alpha value is -3.19. The van der Waals surface area contributed by atoms with Crippen LogP contribution in [0.5, 0.6) is 0 Å². The lowest BCUT2D eigenvalue weighted by molar-refractivity contribution is -0.124. The van der Waals surface area contributed by atoms with Crippen LogP contribution >= 0.6 is 0 Å². The third-order valence-corrected chi connectivity index (χ3v) is 5.93. The number of piperidine rings is 1. The molecule has 0 unspecified atom stereocenters. The smallest absolute Gasteiger partial charge is 0.329 e. The van der Waals surface area contributed by atoms with E-state index in [0.717, 1.165) is 12.1 Å². The summed E-state index contributed by atoms with van der Waals surface area (Å²) >= 11 is 0. The van der Waals surface area contributed by atoms with Crippen molar-refractivity contribution in [3.8, 4) is 0 Å². The minimum absolute atomic E-state index is 0.250. The zero-order valence-electron chi connectivity index (χ0n) is 16.4. The van der Waals surface area contributed by atoms with Crippen molar-refractivity contribution >= 4 is 23.5 Å². The highest BCUT2D eigenvalue weighted by Gasteiger charge is 2.54. The topological polar surface area (TPSA) is 95.7 Å². The third-order valence-electron chi connectivity index (χ3n) is 5.93. The summed E-state index contributed by atoms with van der Waals surface area (Å²) < 4.78 is 0. The van der Waals surface area contributed by atoms with Gasteiger partial charge in [0, 0.05) is 30.9 Å². The highest BCUT2D eigenvalue weighted by molar-refractivity contribution is 6.17. The molecule has 2 heterocycles. The fraction of sp³-hybridized carbons (Fsp3) is 0.318. The van der Waals surface area contributed by atoms with Crippen LogP contribution in [0.25, 0.3) is 0 Å². The van der Waals surface area contributed by atoms with Crippen molar-refractivity contribution in [2.45, 2.75) is 31.8 Å². The van der Waals surface area contributed by atoms with Gasteiger partial charge in [-0.3, -0.25) is 24.7 Å². The summed E-state index contributed by atoms with van der Waals surface area (Å²) in [6, 6.07) is 14.7. The molecule has 3 N–H and O–H groups in total. The number of benzene rings is 2. The van der Waals surface area contributed by atoms with E-state index >= 15 is 0 Å². The van der Waals surface area contributed by atoms with Gasteiger partial charge in [-0.2, -0.15) is 0 Å². The van der Waals surface area contributed by atoms with Gasteiger partial charge in [-0.1, -0.05) is 30.3 Å². The summed E-state index contributed by atoms with van der Waals surface area (Å²) in [5.41, 5.74) is 7.43. The number of carbonyl (C=O) groups is 3. The van der Waals surface area contributed by atoms with Gasteiger partial charge >= 0.3 is 6.03 Å². The monoisotopic (exact) mass is 392 g/mol. The van der Waals surface area contributed by atoms with Crippen LogP contribution in [0.1, 0.15) is 34.3 Å². The largest absolute Gasteiger partial charge is 0.366 e. The number of imide groups is 1. The first-order valence-corrected chi connectivity index (χ1v) is 9.73. The second-order valence-electron chi connectivity index (χ2n) is 7.75. The molecular formula is C22H24N4O3. The molecule has 2 saturated heterocycles. The molecule has 4 rings (SSSR count). The second-order valence-corrected chi connectivity index (χ2v) is 7.75. The third kappa shape index (κ3) is 3.38. The zero-order valence-corrected chi connectivity index (χ0v) is 16.4. The van der Waals surface area contributed by atoms with E-state index in [-0.39, 0.29) is 5.91 Å². The molecule has 0 atom stereocenters. The predicted octanol–water partition coefficient (Wildman–Crippen LogP) is 2.18. The minimum atomic E-state index is -0.900. The number of nitrogens with two attached hydrogens (primary N) is 1. The molecule has 0 aliphatic carbocycles. The van der Waals surface area contributed by atoms with E-state index in [4.69, 9.17) is 5.73 Å². The fourth-order valence-corrected chi connectivity index (χ4v) is 4.34. The molecular weight excluding hydrogens is 368 g/mol. The number of primary amides is 1. The Labute approximate surface area is 169 Å². The molecule has 2 aliphatic heterocycles. The molecule has 0 bridgehead atoms. The van der Waals surface area contributed by atoms with Gasteiger partial charge in [-0.15, -0.1) is 0 Å². The van der Waals surface area contributed by atoms with Crippen molar-refractivity contribution in [1.29, 1.82) is 0 Å². The molecule has 29 heavy (non-hydrogen) atoms. The van der Waals surface area contributed by atoms with Gasteiger partial charge in [0.15, 0.2) is 0 Å². The molecule has 2 fully saturated rings. The van der Waals surface area contributed by atoms with Crippen LogP contribution in [0, 0.1) is 6.92 Å². The number of aryl methyl sites for hydroxylation is 1. The number of hydrogen-bond donors (Lipinski definition) is 2. The Morgan fingerprint density at radius 1 is 1.10 bits per heavy atom. The summed E-state index contributed by atoms with van der Waals surface area (Å²) in [5, 5.41) is 2.49. The van der Waals surface area contributed by atoms with E-state index in [1.807, 2.05) is 25.1 Å². The van der Waals surface area contributed by atoms with Crippen LogP contribution in [0.3, 0.4) is 0 Å². The second kappa shape index (κ2) is 7.33. The van der Waals surface area contributed by atoms with Crippen LogP contribution in [-0.4, -0.2) is 41.4 Å². The first-order valence-electron chi connectivity index (χ1n) is 9.73. The summed E-state index contributed by atoms with van der Waals surface area (Å²) in [6.07, 6.45) is 1.10. The van der Waals surface area contributed by atoms with Gasteiger partial charge in [0.1, 0.15) is 5.54 Å². The van der Waals surface area contributed by atoms with E-state index < -0.39 is 17.5 Å². The van der Waals surface area contributed by atoms with Crippen molar-refractivity contribution in [3.05, 3.63) is 65.2 Å². The first kappa shape index (κ1) is 19.1. The van der Waals surface area contributed by atoms with Crippen LogP contribution in [0.4, 0.5) is 10.5 Å². The molecule has 0 radical (unpaired) electrons. The molecule has 2 aromatic carbocycles. The Morgan fingerprint density at radius 3 is 2.41 bits per heavy atom. The summed E-state index contributed by atoms with van der Waals surface area (Å²) in [4.78, 5) is 40.9. The molecule has 2 aromatic rings. The molecule has 0 saturated carbocycles. The van der Waals surface area contributed by atoms with Crippen LogP contribution in [0.2, 0.25) is 0 Å². The lowest BCUT2D eigenvalue weighted by Gasteiger charge is -2.42. The standard InChI is InChI=1S/C22H24N4O3/c1-15-13-17(19(23)27)7-8-18(15)26-21(29)24-20(28)22(26)9-11-25(12-10-22)14-16-5-3-2-4-6-16/h2-8,13H,9-12,14H2,1H3,(H2,23,27)(H,24,28,29). The maximum atomic E-state index is 12.8. The Bertz CT molecular complexity index is 965. The molecule has 2 aliphatic rings. The van der Waals surface area contributed by atoms with E-state index in [0.29, 0.717) is 37.2 Å². The maximum absolute atomic E-state index is 12.8. The number of rotatable bonds is 4. The van der Waals surface area contributed by atoms with Crippen molar-refractivity contribution < 1.29 is 14.4 Å². The van der Waals surface area contributed by atoms with E-state index in [9.17, 15) is 14.4 Å². The van der Waals surface area contributed by atoms with Gasteiger partial charge in [0.2, 0.25) is 5.91 Å². The van der Waals surface area contributed by atoms with Crippen LogP contribution in [-0.2, 0) is 11.3 Å². The van der Waals surface area contributed by atoms with Crippen molar-refractivity contribution in [2.75, 3.05) is 18.0 Å². The van der Waals surface area contributed by atoms with Crippen LogP contribution in [0.15, 0.2) is 48.5 Å². The summed E-state index contributed by atoms with van der Waals surface area (Å²) in [6.45, 7) is 4.06. The highest BCUT2D eigenvalue weighted by Crippen LogP contribution is 2.39. The van der Waals surface area contributed by atoms with Crippen LogP contribution < -0.4 is 16.0 Å². The minimum Gasteiger partial charge on any atom is -0.366 e. The SMILES string of the molecule is Cc1cc(C(N)=O)ccc1N1C(=O)NC(=O)C12CCN(Cc1ccccc1)CC2. The van der Waals surface area contributed by atoms with Gasteiger partial charge in [0.05, 0.1) is 0 Å². The van der Waals surface area contributed by atoms with Crippen molar-refractivity contribution in [2.24, 2.45) is 5.73 Å². The van der Waals surface area contributed by atoms with Gasteiger partial charge < -0.3 is 5.73 Å². The number of nitrogens with one attached hydrogen (secondary N) is 1. The molecule has 150 valence electrons. The Balaban J connectivity index is 1.58. The molecule has 1 spiro atoms. The number of amides is 4. The number of likely N-dealkylation sites (tertiary alicyclic amines) is 1. The normalized spacial score (nSPS) is 18.9. The number of hydrogen-bond acceptors (Lipinski definition) is 4. The fourth-order valence-electron chi connectivity index (χ4n) is 4.34. The predicted molar refractivity (Wildman–Crippen MR) is 109 cm³/mol. The Morgan fingerprint density at radius 2 is 1.79 bits per heavy atom. The Kier molecular flexibility index (Phi) is 4.84. The summed E-state index contributed by atoms with van der Waals surface area (Å²) in [7, 11) is 0. The van der Waals surface area contributed by atoms with Gasteiger partial charge in [-0.05, 0) is 49.1 Å². The quantitative estimate of drug-likeness (QED) is 0.780. The number of urea groups is 1. The average molecular weight is 392 g/mol. The van der Waals surface area contributed by atoms with Crippen molar-refractivity contribution in [3.63, 3.8) is 0 Å². The summed E-state index contributed by atoms with van der Waals surface area (Å²) in [5.74, 6) is -0.772. The van der Waals surface area contributed by atoms with E-state index in [1.165, 1.54) is 5.56 Å². The van der Waals surface area contributed by atoms with E-state index in [1.54, 1.807) is 23.1 Å². The highest BCUT2D eigenvalue weighted by atomic mass is 16.2. The molecule has 7 heteroatoms. The molecule has 4 amide bonds. The van der Waals surface area contributed by atoms with E-state index in [2.05, 4.69) is 22.3 Å². The number of anilines is 1. The maximum Gasteiger partial charge on any atom is 0.329 e. The number of nitrogens with zero attached hydrogens (tertiary/aromatic N) is 2. The first-order chi connectivity index (χ1) is 13.9. The lowest BCUT2D eigenvalue weighted by atomic mass is 9.85. The van der Waals surface area contributed by atoms with Crippen molar-refractivity contribution in [1.82, 2.24) is 10.2 Å². The zero-order chi connectivity index (χ0) is 20.6. The molecule has 7 nitrogen and oxygen atoms in total. The molecule has 0 aromatic heterocycles. The average Bonchev–Trinajstić information content (AvgIpc) is 2.94. The lowest BCUT2D eigenvalue weighted by Crippen LogP contribution is -2.56. The van der Waals surface area contributed by atoms with Gasteiger partial charge in [-0.25, -0.2) is 4.79 Å².